The molecule has 0 amide bonds. The molecule has 1 aliphatic heterocycles. The third-order valence-electron chi connectivity index (χ3n) is 9.45. The van der Waals surface area contributed by atoms with Gasteiger partial charge >= 0.3 is 0 Å². The Balaban J connectivity index is 1.39. The first-order valence-electron chi connectivity index (χ1n) is 15.8. The van der Waals surface area contributed by atoms with E-state index in [1.54, 1.807) is 25.3 Å². The molecular weight excluding hydrogens is 544 g/mol. The summed E-state index contributed by atoms with van der Waals surface area (Å²) in [7, 11) is 3.18. The number of ether oxygens (including phenoxy) is 4. The Kier molecular flexibility index (Phi) is 8.36. The fourth-order valence-electron chi connectivity index (χ4n) is 7.20. The summed E-state index contributed by atoms with van der Waals surface area (Å²) in [6.45, 7) is 4.47. The van der Waals surface area contributed by atoms with Crippen LogP contribution in [0.1, 0.15) is 93.1 Å². The number of methoxy groups -OCH3 is 2. The molecule has 3 aromatic rings. The molecule has 3 aromatic carbocycles. The molecule has 0 unspecified atom stereocenters. The van der Waals surface area contributed by atoms with Crippen molar-refractivity contribution in [2.75, 3.05) is 14.2 Å². The molecule has 1 heterocycles. The Hall–Kier alpha value is -3.58. The summed E-state index contributed by atoms with van der Waals surface area (Å²) < 4.78 is 24.3. The minimum atomic E-state index is -0.822. The first-order valence-corrected chi connectivity index (χ1v) is 15.8. The van der Waals surface area contributed by atoms with E-state index in [-0.39, 0.29) is 23.5 Å². The maximum Gasteiger partial charge on any atom is 0.200 e. The standard InChI is InChI=1S/C36H44O7/c1-20(2)10-11-21-14-28-27-18-29(38)36(22-15-32(41-4)35(39)33(16-22)42-24-8-6-5-7-9-24)43-30(27)19-31(40-3)34(28)25-13-12-23(37)17-26(21)25/h12-13,15-17,19-21,24,29,36-39H,5-11,14,18H2,1-4H3/t21-,29-,36+/m1/s1. The highest BCUT2D eigenvalue weighted by Gasteiger charge is 2.38. The van der Waals surface area contributed by atoms with Gasteiger partial charge in [0.05, 0.1) is 26.4 Å². The second-order valence-electron chi connectivity index (χ2n) is 12.8. The van der Waals surface area contributed by atoms with E-state index in [9.17, 15) is 15.3 Å². The number of phenols is 2. The maximum atomic E-state index is 11.6. The lowest BCUT2D eigenvalue weighted by Crippen LogP contribution is -2.32. The lowest BCUT2D eigenvalue weighted by Gasteiger charge is -2.37. The van der Waals surface area contributed by atoms with Crippen LogP contribution in [0.25, 0.3) is 11.1 Å². The SMILES string of the molecule is COc1cc([C@@H]2Oc3cc(OC)c4c(c3C[C@H]2O)C[C@@H](CCC(C)C)c2cc(O)ccc2-4)cc(OC2CCCCC2)c1O. The predicted molar refractivity (Wildman–Crippen MR) is 166 cm³/mol. The van der Waals surface area contributed by atoms with Crippen LogP contribution in [0.15, 0.2) is 36.4 Å². The van der Waals surface area contributed by atoms with Crippen molar-refractivity contribution in [2.24, 2.45) is 5.92 Å². The third kappa shape index (κ3) is 5.72. The molecule has 3 atom stereocenters. The first-order chi connectivity index (χ1) is 20.8. The van der Waals surface area contributed by atoms with Crippen LogP contribution in [0.5, 0.6) is 34.5 Å². The Morgan fingerprint density at radius 3 is 2.35 bits per heavy atom. The van der Waals surface area contributed by atoms with Crippen molar-refractivity contribution in [1.82, 2.24) is 0 Å². The van der Waals surface area contributed by atoms with Gasteiger partial charge in [-0.2, -0.15) is 0 Å². The van der Waals surface area contributed by atoms with E-state index in [2.05, 4.69) is 13.8 Å². The van der Waals surface area contributed by atoms with Gasteiger partial charge in [0, 0.05) is 29.2 Å². The lowest BCUT2D eigenvalue weighted by atomic mass is 9.73. The van der Waals surface area contributed by atoms with Crippen molar-refractivity contribution in [3.05, 3.63) is 58.7 Å². The van der Waals surface area contributed by atoms with Gasteiger partial charge < -0.3 is 34.3 Å². The summed E-state index contributed by atoms with van der Waals surface area (Å²) in [4.78, 5) is 0. The number of benzene rings is 3. The van der Waals surface area contributed by atoms with Crippen LogP contribution in [0.2, 0.25) is 0 Å². The third-order valence-corrected chi connectivity index (χ3v) is 9.45. The number of phenolic OH excluding ortho intramolecular Hbond substituents is 2. The van der Waals surface area contributed by atoms with E-state index in [0.29, 0.717) is 40.9 Å². The molecular formula is C36H44O7. The Labute approximate surface area is 254 Å². The Bertz CT molecular complexity index is 1470. The van der Waals surface area contributed by atoms with Gasteiger partial charge in [0.1, 0.15) is 17.2 Å². The van der Waals surface area contributed by atoms with Gasteiger partial charge in [-0.1, -0.05) is 32.8 Å². The Morgan fingerprint density at radius 1 is 0.884 bits per heavy atom. The highest BCUT2D eigenvalue weighted by molar-refractivity contribution is 5.82. The van der Waals surface area contributed by atoms with Crippen molar-refractivity contribution in [3.8, 4) is 45.6 Å². The molecule has 43 heavy (non-hydrogen) atoms. The second kappa shape index (κ2) is 12.2. The summed E-state index contributed by atoms with van der Waals surface area (Å²) in [5.41, 5.74) is 6.05. The van der Waals surface area contributed by atoms with Crippen molar-refractivity contribution in [2.45, 2.75) is 95.9 Å². The molecule has 0 spiro atoms. The molecule has 230 valence electrons. The summed E-state index contributed by atoms with van der Waals surface area (Å²) >= 11 is 0. The van der Waals surface area contributed by atoms with Gasteiger partial charge in [-0.3, -0.25) is 0 Å². The fraction of sp³-hybridized carbons (Fsp3) is 0.500. The van der Waals surface area contributed by atoms with Gasteiger partial charge in [-0.15, -0.1) is 0 Å². The van der Waals surface area contributed by atoms with Crippen molar-refractivity contribution in [3.63, 3.8) is 0 Å². The lowest BCUT2D eigenvalue weighted by molar-refractivity contribution is 0.0199. The zero-order valence-electron chi connectivity index (χ0n) is 25.7. The molecule has 0 radical (unpaired) electrons. The number of hydrogen-bond acceptors (Lipinski definition) is 7. The second-order valence-corrected chi connectivity index (χ2v) is 12.8. The van der Waals surface area contributed by atoms with Crippen LogP contribution in [0, 0.1) is 5.92 Å². The van der Waals surface area contributed by atoms with E-state index >= 15 is 0 Å². The molecule has 1 fully saturated rings. The maximum absolute atomic E-state index is 11.6. The van der Waals surface area contributed by atoms with Crippen LogP contribution in [-0.2, 0) is 12.8 Å². The molecule has 1 saturated carbocycles. The van der Waals surface area contributed by atoms with E-state index in [1.165, 1.54) is 13.5 Å². The largest absolute Gasteiger partial charge is 0.508 e. The molecule has 0 aromatic heterocycles. The molecule has 0 bridgehead atoms. The highest BCUT2D eigenvalue weighted by Crippen LogP contribution is 2.53. The van der Waals surface area contributed by atoms with Gasteiger partial charge in [-0.05, 0) is 91.3 Å². The van der Waals surface area contributed by atoms with E-state index in [1.807, 2.05) is 18.2 Å². The molecule has 2 aliphatic carbocycles. The predicted octanol–water partition coefficient (Wildman–Crippen LogP) is 7.61. The minimum Gasteiger partial charge on any atom is -0.508 e. The van der Waals surface area contributed by atoms with Crippen LogP contribution in [0.4, 0.5) is 0 Å². The van der Waals surface area contributed by atoms with Crippen molar-refractivity contribution in [1.29, 1.82) is 0 Å². The number of rotatable bonds is 8. The quantitative estimate of drug-likeness (QED) is 0.249. The number of aliphatic hydroxyl groups is 1. The van der Waals surface area contributed by atoms with Crippen LogP contribution < -0.4 is 18.9 Å². The number of aromatic hydroxyl groups is 2. The molecule has 3 N–H and O–H groups in total. The van der Waals surface area contributed by atoms with Crippen LogP contribution in [0.3, 0.4) is 0 Å². The van der Waals surface area contributed by atoms with Gasteiger partial charge in [-0.25, -0.2) is 0 Å². The number of fused-ring (bicyclic) bond motifs is 5. The molecule has 7 heteroatoms. The summed E-state index contributed by atoms with van der Waals surface area (Å²) in [5.74, 6) is 3.10. The normalized spacial score (nSPS) is 21.4. The van der Waals surface area contributed by atoms with E-state index in [4.69, 9.17) is 18.9 Å². The summed E-state index contributed by atoms with van der Waals surface area (Å²) in [6, 6.07) is 11.1. The van der Waals surface area contributed by atoms with Crippen LogP contribution >= 0.6 is 0 Å². The first kappa shape index (κ1) is 29.5. The van der Waals surface area contributed by atoms with E-state index in [0.717, 1.165) is 72.8 Å². The molecule has 6 rings (SSSR count). The van der Waals surface area contributed by atoms with Crippen LogP contribution in [-0.4, -0.2) is 41.7 Å². The van der Waals surface area contributed by atoms with Gasteiger partial charge in [0.15, 0.2) is 17.6 Å². The van der Waals surface area contributed by atoms with Gasteiger partial charge in [0.2, 0.25) is 5.75 Å². The Morgan fingerprint density at radius 2 is 1.63 bits per heavy atom. The number of aliphatic hydroxyl groups excluding tert-OH is 1. The highest BCUT2D eigenvalue weighted by atomic mass is 16.5. The van der Waals surface area contributed by atoms with Gasteiger partial charge in [0.25, 0.3) is 0 Å². The zero-order valence-corrected chi connectivity index (χ0v) is 25.7. The minimum absolute atomic E-state index is 0.0320. The topological polar surface area (TPSA) is 97.6 Å². The summed E-state index contributed by atoms with van der Waals surface area (Å²) in [5, 5.41) is 32.8. The zero-order chi connectivity index (χ0) is 30.2. The van der Waals surface area contributed by atoms with E-state index < -0.39 is 12.2 Å². The smallest absolute Gasteiger partial charge is 0.200 e. The molecule has 7 nitrogen and oxygen atoms in total. The fourth-order valence-corrected chi connectivity index (χ4v) is 7.20. The monoisotopic (exact) mass is 588 g/mol. The van der Waals surface area contributed by atoms with Crippen molar-refractivity contribution < 1.29 is 34.3 Å². The number of hydrogen-bond donors (Lipinski definition) is 3. The molecule has 3 aliphatic rings. The average Bonchev–Trinajstić information content (AvgIpc) is 3.00. The van der Waals surface area contributed by atoms with Crippen molar-refractivity contribution >= 4 is 0 Å². The summed E-state index contributed by atoms with van der Waals surface area (Å²) in [6.07, 6.45) is 7.15. The average molecular weight is 589 g/mol. The molecule has 0 saturated heterocycles.